The molecular weight excluding hydrogens is 182 g/mol. The maximum atomic E-state index is 11.1. The zero-order chi connectivity index (χ0) is 10.6. The summed E-state index contributed by atoms with van der Waals surface area (Å²) in [6, 6.07) is 0. The lowest BCUT2D eigenvalue weighted by atomic mass is 9.71. The standard InChI is InChI=1S/C10H17NO3/c1-8-2-4-10(5-3-8,9(13)14)6-11-7-12/h7-8H,2-6H2,1H3,(H,11,12)(H,13,14). The predicted molar refractivity (Wildman–Crippen MR) is 51.8 cm³/mol. The van der Waals surface area contributed by atoms with Gasteiger partial charge in [-0.3, -0.25) is 9.59 Å². The van der Waals surface area contributed by atoms with E-state index < -0.39 is 11.4 Å². The molecule has 4 nitrogen and oxygen atoms in total. The van der Waals surface area contributed by atoms with Crippen LogP contribution in [0.4, 0.5) is 0 Å². The third-order valence-electron chi connectivity index (χ3n) is 3.21. The minimum Gasteiger partial charge on any atom is -0.481 e. The molecule has 0 atom stereocenters. The average molecular weight is 199 g/mol. The van der Waals surface area contributed by atoms with Crippen LogP contribution >= 0.6 is 0 Å². The quantitative estimate of drug-likeness (QED) is 0.664. The van der Waals surface area contributed by atoms with Crippen molar-refractivity contribution in [1.29, 1.82) is 0 Å². The molecule has 1 rings (SSSR count). The summed E-state index contributed by atoms with van der Waals surface area (Å²) in [6.45, 7) is 2.40. The van der Waals surface area contributed by atoms with Crippen LogP contribution in [0.3, 0.4) is 0 Å². The van der Waals surface area contributed by atoms with Gasteiger partial charge in [-0.2, -0.15) is 0 Å². The zero-order valence-corrected chi connectivity index (χ0v) is 8.45. The van der Waals surface area contributed by atoms with E-state index in [1.54, 1.807) is 0 Å². The average Bonchev–Trinajstić information content (AvgIpc) is 2.17. The number of carbonyl (C=O) groups is 2. The van der Waals surface area contributed by atoms with Gasteiger partial charge in [-0.05, 0) is 31.6 Å². The fraction of sp³-hybridized carbons (Fsp3) is 0.800. The first-order valence-electron chi connectivity index (χ1n) is 5.01. The molecular formula is C10H17NO3. The van der Waals surface area contributed by atoms with Crippen molar-refractivity contribution in [2.75, 3.05) is 6.54 Å². The van der Waals surface area contributed by atoms with Crippen molar-refractivity contribution in [3.63, 3.8) is 0 Å². The molecule has 1 amide bonds. The third-order valence-corrected chi connectivity index (χ3v) is 3.21. The first-order chi connectivity index (χ1) is 6.60. The smallest absolute Gasteiger partial charge is 0.311 e. The summed E-state index contributed by atoms with van der Waals surface area (Å²) in [6.07, 6.45) is 3.79. The zero-order valence-electron chi connectivity index (χ0n) is 8.45. The van der Waals surface area contributed by atoms with E-state index in [4.69, 9.17) is 5.11 Å². The highest BCUT2D eigenvalue weighted by Gasteiger charge is 2.40. The van der Waals surface area contributed by atoms with Gasteiger partial charge in [-0.15, -0.1) is 0 Å². The predicted octanol–water partition coefficient (Wildman–Crippen LogP) is 1.01. The van der Waals surface area contributed by atoms with E-state index in [1.807, 2.05) is 0 Å². The molecule has 4 heteroatoms. The summed E-state index contributed by atoms with van der Waals surface area (Å²) >= 11 is 0. The highest BCUT2D eigenvalue weighted by atomic mass is 16.4. The van der Waals surface area contributed by atoms with Crippen LogP contribution < -0.4 is 5.32 Å². The Morgan fingerprint density at radius 3 is 2.57 bits per heavy atom. The highest BCUT2D eigenvalue weighted by Crippen LogP contribution is 2.38. The molecule has 0 aromatic carbocycles. The lowest BCUT2D eigenvalue weighted by Gasteiger charge is -2.35. The second-order valence-electron chi connectivity index (χ2n) is 4.27. The molecule has 1 aliphatic rings. The molecule has 0 radical (unpaired) electrons. The highest BCUT2D eigenvalue weighted by molar-refractivity contribution is 5.75. The van der Waals surface area contributed by atoms with Gasteiger partial charge < -0.3 is 10.4 Å². The minimum absolute atomic E-state index is 0.262. The number of carboxylic acid groups (broad SMARTS) is 1. The van der Waals surface area contributed by atoms with Gasteiger partial charge in [0.25, 0.3) is 0 Å². The van der Waals surface area contributed by atoms with Crippen molar-refractivity contribution in [3.05, 3.63) is 0 Å². The Morgan fingerprint density at radius 2 is 2.14 bits per heavy atom. The molecule has 0 bridgehead atoms. The van der Waals surface area contributed by atoms with Gasteiger partial charge in [-0.1, -0.05) is 6.92 Å². The molecule has 0 spiro atoms. The molecule has 0 unspecified atom stereocenters. The summed E-state index contributed by atoms with van der Waals surface area (Å²) in [7, 11) is 0. The summed E-state index contributed by atoms with van der Waals surface area (Å²) in [5.41, 5.74) is -0.715. The van der Waals surface area contributed by atoms with Gasteiger partial charge in [0, 0.05) is 6.54 Å². The summed E-state index contributed by atoms with van der Waals surface area (Å²) in [4.78, 5) is 21.3. The Balaban J connectivity index is 2.62. The number of rotatable bonds is 4. The summed E-state index contributed by atoms with van der Waals surface area (Å²) in [5, 5.41) is 11.6. The van der Waals surface area contributed by atoms with E-state index in [0.29, 0.717) is 25.2 Å². The number of aliphatic carboxylic acids is 1. The van der Waals surface area contributed by atoms with Gasteiger partial charge >= 0.3 is 5.97 Å². The minimum atomic E-state index is -0.779. The van der Waals surface area contributed by atoms with E-state index >= 15 is 0 Å². The monoisotopic (exact) mass is 199 g/mol. The van der Waals surface area contributed by atoms with Crippen molar-refractivity contribution in [2.24, 2.45) is 11.3 Å². The largest absolute Gasteiger partial charge is 0.481 e. The maximum absolute atomic E-state index is 11.1. The Labute approximate surface area is 83.7 Å². The van der Waals surface area contributed by atoms with Crippen molar-refractivity contribution >= 4 is 12.4 Å². The summed E-state index contributed by atoms with van der Waals surface area (Å²) in [5.74, 6) is -0.169. The van der Waals surface area contributed by atoms with Crippen LogP contribution in [-0.4, -0.2) is 24.0 Å². The number of carbonyl (C=O) groups excluding carboxylic acids is 1. The summed E-state index contributed by atoms with van der Waals surface area (Å²) < 4.78 is 0. The van der Waals surface area contributed by atoms with Crippen LogP contribution in [0.1, 0.15) is 32.6 Å². The van der Waals surface area contributed by atoms with Gasteiger partial charge in [-0.25, -0.2) is 0 Å². The molecule has 0 aromatic rings. The molecule has 2 N–H and O–H groups in total. The second kappa shape index (κ2) is 4.44. The molecule has 1 saturated carbocycles. The second-order valence-corrected chi connectivity index (χ2v) is 4.27. The molecule has 0 aromatic heterocycles. The van der Waals surface area contributed by atoms with E-state index in [1.165, 1.54) is 0 Å². The SMILES string of the molecule is CC1CCC(CNC=O)(C(=O)O)CC1. The van der Waals surface area contributed by atoms with E-state index in [0.717, 1.165) is 12.8 Å². The van der Waals surface area contributed by atoms with E-state index in [9.17, 15) is 9.59 Å². The number of amides is 1. The van der Waals surface area contributed by atoms with Crippen LogP contribution in [0, 0.1) is 11.3 Å². The lowest BCUT2D eigenvalue weighted by molar-refractivity contribution is -0.151. The Hall–Kier alpha value is -1.06. The fourth-order valence-electron chi connectivity index (χ4n) is 2.02. The topological polar surface area (TPSA) is 66.4 Å². The van der Waals surface area contributed by atoms with Crippen molar-refractivity contribution in [3.8, 4) is 0 Å². The van der Waals surface area contributed by atoms with E-state index in [2.05, 4.69) is 12.2 Å². The number of nitrogens with one attached hydrogen (secondary N) is 1. The molecule has 14 heavy (non-hydrogen) atoms. The Morgan fingerprint density at radius 1 is 1.57 bits per heavy atom. The first-order valence-corrected chi connectivity index (χ1v) is 5.01. The lowest BCUT2D eigenvalue weighted by Crippen LogP contribution is -2.43. The van der Waals surface area contributed by atoms with Gasteiger partial charge in [0.2, 0.25) is 6.41 Å². The molecule has 0 saturated heterocycles. The normalized spacial score (nSPS) is 32.2. The third kappa shape index (κ3) is 2.25. The van der Waals surface area contributed by atoms with Crippen LogP contribution in [-0.2, 0) is 9.59 Å². The van der Waals surface area contributed by atoms with Crippen molar-refractivity contribution in [1.82, 2.24) is 5.32 Å². The van der Waals surface area contributed by atoms with Gasteiger partial charge in [0.05, 0.1) is 5.41 Å². The van der Waals surface area contributed by atoms with Gasteiger partial charge in [0.1, 0.15) is 0 Å². The number of carboxylic acids is 1. The molecule has 1 aliphatic carbocycles. The Kier molecular flexibility index (Phi) is 3.49. The molecule has 80 valence electrons. The number of hydrogen-bond donors (Lipinski definition) is 2. The van der Waals surface area contributed by atoms with Crippen LogP contribution in [0.2, 0.25) is 0 Å². The van der Waals surface area contributed by atoms with Crippen LogP contribution in [0.15, 0.2) is 0 Å². The molecule has 1 fully saturated rings. The Bertz CT molecular complexity index is 219. The van der Waals surface area contributed by atoms with Crippen LogP contribution in [0.5, 0.6) is 0 Å². The maximum Gasteiger partial charge on any atom is 0.311 e. The molecule has 0 aliphatic heterocycles. The molecule has 0 heterocycles. The van der Waals surface area contributed by atoms with Gasteiger partial charge in [0.15, 0.2) is 0 Å². The van der Waals surface area contributed by atoms with Crippen molar-refractivity contribution in [2.45, 2.75) is 32.6 Å². The fourth-order valence-corrected chi connectivity index (χ4v) is 2.02. The van der Waals surface area contributed by atoms with E-state index in [-0.39, 0.29) is 6.54 Å². The first kappa shape index (κ1) is 11.0. The van der Waals surface area contributed by atoms with Crippen LogP contribution in [0.25, 0.3) is 0 Å². The van der Waals surface area contributed by atoms with Crippen molar-refractivity contribution < 1.29 is 14.7 Å². The number of hydrogen-bond acceptors (Lipinski definition) is 2.